The van der Waals surface area contributed by atoms with Crippen LogP contribution >= 0.6 is 12.4 Å². The summed E-state index contributed by atoms with van der Waals surface area (Å²) in [5.41, 5.74) is 0.672. The van der Waals surface area contributed by atoms with Gasteiger partial charge in [-0.2, -0.15) is 0 Å². The van der Waals surface area contributed by atoms with Gasteiger partial charge in [0.2, 0.25) is 11.8 Å². The smallest absolute Gasteiger partial charge is 0.242 e. The highest BCUT2D eigenvalue weighted by Gasteiger charge is 2.28. The predicted octanol–water partition coefficient (Wildman–Crippen LogP) is 0.839. The van der Waals surface area contributed by atoms with Crippen LogP contribution in [-0.4, -0.2) is 73.6 Å². The maximum atomic E-state index is 13.3. The average molecular weight is 386 g/mol. The summed E-state index contributed by atoms with van der Waals surface area (Å²) in [5.74, 6) is -0.321. The first-order valence-electron chi connectivity index (χ1n) is 8.75. The molecule has 0 radical (unpaired) electrons. The molecule has 2 heterocycles. The molecule has 1 N–H and O–H groups in total. The van der Waals surface area contributed by atoms with Gasteiger partial charge < -0.3 is 19.9 Å². The minimum absolute atomic E-state index is 0. The van der Waals surface area contributed by atoms with Crippen molar-refractivity contribution in [2.45, 2.75) is 18.9 Å². The summed E-state index contributed by atoms with van der Waals surface area (Å²) in [6, 6.07) is 5.83. The third-order valence-corrected chi connectivity index (χ3v) is 4.62. The highest BCUT2D eigenvalue weighted by molar-refractivity contribution is 5.85. The summed E-state index contributed by atoms with van der Waals surface area (Å²) in [4.78, 5) is 28.6. The Balaban J connectivity index is 0.00000243. The molecule has 2 aliphatic heterocycles. The van der Waals surface area contributed by atoms with Crippen molar-refractivity contribution in [3.63, 3.8) is 0 Å². The summed E-state index contributed by atoms with van der Waals surface area (Å²) in [6.07, 6.45) is 0.929. The van der Waals surface area contributed by atoms with Crippen LogP contribution in [0.2, 0.25) is 0 Å². The monoisotopic (exact) mass is 385 g/mol. The molecule has 1 aromatic carbocycles. The molecular formula is C18H25ClFN3O3. The number of amides is 2. The Hall–Kier alpha value is -1.70. The van der Waals surface area contributed by atoms with Gasteiger partial charge in [-0.3, -0.25) is 9.59 Å². The van der Waals surface area contributed by atoms with Crippen molar-refractivity contribution < 1.29 is 18.7 Å². The molecule has 2 saturated heterocycles. The third kappa shape index (κ3) is 5.40. The molecule has 0 aliphatic carbocycles. The SMILES string of the molecule is Cl.O=C(Cc1cccc(F)c1)N1CCCN(C(=O)C2COCCN2)CC1. The van der Waals surface area contributed by atoms with E-state index in [4.69, 9.17) is 4.74 Å². The van der Waals surface area contributed by atoms with Crippen LogP contribution in [0.15, 0.2) is 24.3 Å². The van der Waals surface area contributed by atoms with Crippen LogP contribution in [-0.2, 0) is 20.7 Å². The summed E-state index contributed by atoms with van der Waals surface area (Å²) in [5, 5.41) is 3.18. The van der Waals surface area contributed by atoms with Crippen LogP contribution in [0.3, 0.4) is 0 Å². The summed E-state index contributed by atoms with van der Waals surface area (Å²) < 4.78 is 18.6. The minimum atomic E-state index is -0.333. The zero-order valence-electron chi connectivity index (χ0n) is 14.7. The normalized spacial score (nSPS) is 20.9. The van der Waals surface area contributed by atoms with Crippen LogP contribution < -0.4 is 5.32 Å². The van der Waals surface area contributed by atoms with Crippen molar-refractivity contribution in [2.24, 2.45) is 0 Å². The molecule has 0 saturated carbocycles. The van der Waals surface area contributed by atoms with Crippen molar-refractivity contribution in [1.29, 1.82) is 0 Å². The van der Waals surface area contributed by atoms with E-state index < -0.39 is 0 Å². The fourth-order valence-electron chi connectivity index (χ4n) is 3.27. The van der Waals surface area contributed by atoms with E-state index in [1.165, 1.54) is 12.1 Å². The highest BCUT2D eigenvalue weighted by atomic mass is 35.5. The lowest BCUT2D eigenvalue weighted by molar-refractivity contribution is -0.137. The molecule has 0 aromatic heterocycles. The number of hydrogen-bond acceptors (Lipinski definition) is 4. The van der Waals surface area contributed by atoms with Gasteiger partial charge in [0.25, 0.3) is 0 Å². The van der Waals surface area contributed by atoms with E-state index in [0.29, 0.717) is 51.5 Å². The lowest BCUT2D eigenvalue weighted by atomic mass is 10.1. The lowest BCUT2D eigenvalue weighted by Gasteiger charge is -2.29. The van der Waals surface area contributed by atoms with Crippen LogP contribution in [0.4, 0.5) is 4.39 Å². The number of halogens is 2. The maximum absolute atomic E-state index is 13.3. The molecule has 0 bridgehead atoms. The number of carbonyl (C=O) groups is 2. The molecule has 144 valence electrons. The van der Waals surface area contributed by atoms with Gasteiger partial charge in [-0.05, 0) is 24.1 Å². The van der Waals surface area contributed by atoms with Crippen LogP contribution in [0.25, 0.3) is 0 Å². The van der Waals surface area contributed by atoms with E-state index in [9.17, 15) is 14.0 Å². The fraction of sp³-hybridized carbons (Fsp3) is 0.556. The van der Waals surface area contributed by atoms with Gasteiger partial charge in [-0.15, -0.1) is 12.4 Å². The fourth-order valence-corrected chi connectivity index (χ4v) is 3.27. The van der Waals surface area contributed by atoms with Gasteiger partial charge in [0.15, 0.2) is 0 Å². The second kappa shape index (κ2) is 9.85. The Morgan fingerprint density at radius 1 is 1.19 bits per heavy atom. The Morgan fingerprint density at radius 3 is 2.69 bits per heavy atom. The zero-order valence-corrected chi connectivity index (χ0v) is 15.5. The molecule has 2 aliphatic rings. The summed E-state index contributed by atoms with van der Waals surface area (Å²) in [7, 11) is 0. The quantitative estimate of drug-likeness (QED) is 0.837. The van der Waals surface area contributed by atoms with Gasteiger partial charge in [0.05, 0.1) is 19.6 Å². The molecule has 26 heavy (non-hydrogen) atoms. The molecule has 1 aromatic rings. The number of benzene rings is 1. The van der Waals surface area contributed by atoms with Crippen LogP contribution in [0.1, 0.15) is 12.0 Å². The van der Waals surface area contributed by atoms with E-state index in [1.807, 2.05) is 4.90 Å². The molecule has 0 spiro atoms. The van der Waals surface area contributed by atoms with Crippen molar-refractivity contribution >= 4 is 24.2 Å². The van der Waals surface area contributed by atoms with Crippen molar-refractivity contribution in [3.8, 4) is 0 Å². The predicted molar refractivity (Wildman–Crippen MR) is 97.7 cm³/mol. The number of nitrogens with zero attached hydrogens (tertiary/aromatic N) is 2. The Morgan fingerprint density at radius 2 is 1.96 bits per heavy atom. The van der Waals surface area contributed by atoms with E-state index in [1.54, 1.807) is 17.0 Å². The molecule has 1 atom stereocenters. The van der Waals surface area contributed by atoms with Crippen molar-refractivity contribution in [2.75, 3.05) is 45.9 Å². The molecule has 2 amide bonds. The zero-order chi connectivity index (χ0) is 17.6. The first-order chi connectivity index (χ1) is 12.1. The van der Waals surface area contributed by atoms with E-state index in [-0.39, 0.29) is 42.5 Å². The van der Waals surface area contributed by atoms with Gasteiger partial charge in [-0.1, -0.05) is 12.1 Å². The van der Waals surface area contributed by atoms with Gasteiger partial charge in [0.1, 0.15) is 11.9 Å². The molecule has 1 unspecified atom stereocenters. The number of hydrogen-bond donors (Lipinski definition) is 1. The average Bonchev–Trinajstić information content (AvgIpc) is 2.88. The van der Waals surface area contributed by atoms with Gasteiger partial charge in [0, 0.05) is 32.7 Å². The number of nitrogens with one attached hydrogen (secondary N) is 1. The summed E-state index contributed by atoms with van der Waals surface area (Å²) >= 11 is 0. The van der Waals surface area contributed by atoms with E-state index in [0.717, 1.165) is 6.42 Å². The molecule has 6 nitrogen and oxygen atoms in total. The van der Waals surface area contributed by atoms with E-state index >= 15 is 0 Å². The molecule has 2 fully saturated rings. The minimum Gasteiger partial charge on any atom is -0.378 e. The Labute approximate surface area is 159 Å². The number of carbonyl (C=O) groups excluding carboxylic acids is 2. The third-order valence-electron chi connectivity index (χ3n) is 4.62. The lowest BCUT2D eigenvalue weighted by Crippen LogP contribution is -2.53. The number of morpholine rings is 1. The van der Waals surface area contributed by atoms with E-state index in [2.05, 4.69) is 5.32 Å². The topological polar surface area (TPSA) is 61.9 Å². The molecule has 8 heteroatoms. The first kappa shape index (κ1) is 20.6. The largest absolute Gasteiger partial charge is 0.378 e. The summed E-state index contributed by atoms with van der Waals surface area (Å²) in [6.45, 7) is 4.00. The van der Waals surface area contributed by atoms with Gasteiger partial charge in [-0.25, -0.2) is 4.39 Å². The molecule has 3 rings (SSSR count). The second-order valence-corrected chi connectivity index (χ2v) is 6.45. The van der Waals surface area contributed by atoms with Gasteiger partial charge >= 0.3 is 0 Å². The highest BCUT2D eigenvalue weighted by Crippen LogP contribution is 2.10. The van der Waals surface area contributed by atoms with Crippen LogP contribution in [0.5, 0.6) is 0 Å². The van der Waals surface area contributed by atoms with Crippen molar-refractivity contribution in [3.05, 3.63) is 35.6 Å². The second-order valence-electron chi connectivity index (χ2n) is 6.45. The van der Waals surface area contributed by atoms with Crippen LogP contribution in [0, 0.1) is 5.82 Å². The molecular weight excluding hydrogens is 361 g/mol. The van der Waals surface area contributed by atoms with Crippen molar-refractivity contribution in [1.82, 2.24) is 15.1 Å². The standard InChI is InChI=1S/C18H24FN3O3.ClH/c19-15-4-1-3-14(11-15)12-17(23)21-6-2-7-22(9-8-21)18(24)16-13-25-10-5-20-16;/h1,3-4,11,16,20H,2,5-10,12-13H2;1H. The number of ether oxygens (including phenoxy) is 1. The maximum Gasteiger partial charge on any atom is 0.242 e. The Kier molecular flexibility index (Phi) is 7.81. The first-order valence-corrected chi connectivity index (χ1v) is 8.75. The Bertz CT molecular complexity index is 625. The number of rotatable bonds is 3.